The molecule has 1 atom stereocenters. The molecule has 1 aliphatic rings. The van der Waals surface area contributed by atoms with Crippen molar-refractivity contribution in [3.05, 3.63) is 90.0 Å². The molecular weight excluding hydrogens is 600 g/mol. The smallest absolute Gasteiger partial charge is 0.305 e. The first-order valence-electron chi connectivity index (χ1n) is 13.0. The normalized spacial score (nSPS) is 17.9. The van der Waals surface area contributed by atoms with E-state index < -0.39 is 43.7 Å². The highest BCUT2D eigenvalue weighted by molar-refractivity contribution is 7.91. The first-order valence-corrected chi connectivity index (χ1v) is 16.7. The van der Waals surface area contributed by atoms with Gasteiger partial charge in [0.2, 0.25) is 15.9 Å². The van der Waals surface area contributed by atoms with Crippen molar-refractivity contribution in [2.75, 3.05) is 17.7 Å². The number of nitrogens with zero attached hydrogens (tertiary/aromatic N) is 1. The number of carbonyl (C=O) groups excluding carboxylic acids is 1. The molecule has 4 aromatic rings. The number of fused-ring (bicyclic) bond motifs is 1. The number of halogens is 1. The summed E-state index contributed by atoms with van der Waals surface area (Å²) >= 11 is 6.04. The van der Waals surface area contributed by atoms with Crippen LogP contribution in [-0.2, 0) is 29.4 Å². The number of sulfonamides is 1. The molecule has 5 rings (SSSR count). The van der Waals surface area contributed by atoms with Gasteiger partial charge < -0.3 is 10.0 Å². The number of aliphatic carboxylic acids is 1. The molecule has 2 N–H and O–H groups in total. The van der Waals surface area contributed by atoms with Gasteiger partial charge in [-0.05, 0) is 71.6 Å². The topological polar surface area (TPSA) is 138 Å². The van der Waals surface area contributed by atoms with Crippen molar-refractivity contribution in [2.45, 2.75) is 34.6 Å². The Morgan fingerprint density at radius 1 is 0.952 bits per heavy atom. The number of rotatable bonds is 8. The molecule has 0 aliphatic carbocycles. The van der Waals surface area contributed by atoms with E-state index in [-0.39, 0.29) is 22.8 Å². The van der Waals surface area contributed by atoms with Gasteiger partial charge in [0.15, 0.2) is 9.84 Å². The predicted octanol–water partition coefficient (Wildman–Crippen LogP) is 4.88. The number of carboxylic acids is 1. The molecule has 9 nitrogen and oxygen atoms in total. The quantitative estimate of drug-likeness (QED) is 0.284. The van der Waals surface area contributed by atoms with Gasteiger partial charge in [-0.3, -0.25) is 9.59 Å². The maximum absolute atomic E-state index is 13.9. The van der Waals surface area contributed by atoms with Gasteiger partial charge in [-0.1, -0.05) is 54.1 Å². The molecule has 4 aromatic carbocycles. The maximum atomic E-state index is 13.9. The molecule has 0 spiro atoms. The van der Waals surface area contributed by atoms with Crippen LogP contribution in [0, 0.1) is 0 Å². The lowest BCUT2D eigenvalue weighted by atomic mass is 9.85. The van der Waals surface area contributed by atoms with Gasteiger partial charge in [0.05, 0.1) is 16.2 Å². The number of hydrogen-bond acceptors (Lipinski definition) is 6. The third-order valence-electron chi connectivity index (χ3n) is 7.28. The Bertz CT molecular complexity index is 1930. The highest BCUT2D eigenvalue weighted by Crippen LogP contribution is 2.34. The van der Waals surface area contributed by atoms with Crippen LogP contribution in [0.1, 0.15) is 19.3 Å². The van der Waals surface area contributed by atoms with E-state index in [4.69, 9.17) is 11.6 Å². The van der Waals surface area contributed by atoms with Gasteiger partial charge >= 0.3 is 5.97 Å². The molecule has 0 bridgehead atoms. The zero-order valence-corrected chi connectivity index (χ0v) is 24.8. The third-order valence-corrected chi connectivity index (χ3v) is 10.2. The van der Waals surface area contributed by atoms with E-state index >= 15 is 0 Å². The highest BCUT2D eigenvalue weighted by atomic mass is 35.5. The van der Waals surface area contributed by atoms with E-state index in [9.17, 15) is 31.5 Å². The van der Waals surface area contributed by atoms with Crippen molar-refractivity contribution in [3.8, 4) is 11.1 Å². The Morgan fingerprint density at radius 2 is 1.62 bits per heavy atom. The maximum Gasteiger partial charge on any atom is 0.305 e. The summed E-state index contributed by atoms with van der Waals surface area (Å²) in [5, 5.41) is 11.6. The van der Waals surface area contributed by atoms with Gasteiger partial charge in [-0.15, -0.1) is 0 Å². The Labute approximate surface area is 248 Å². The number of anilines is 1. The zero-order valence-electron chi connectivity index (χ0n) is 22.4. The molecule has 1 amide bonds. The molecule has 218 valence electrons. The monoisotopic (exact) mass is 626 g/mol. The van der Waals surface area contributed by atoms with Gasteiger partial charge in [0.25, 0.3) is 0 Å². The second kappa shape index (κ2) is 11.1. The first-order chi connectivity index (χ1) is 19.8. The Hall–Kier alpha value is -3.77. The van der Waals surface area contributed by atoms with Crippen molar-refractivity contribution >= 4 is 59.8 Å². The average molecular weight is 627 g/mol. The largest absolute Gasteiger partial charge is 0.481 e. The van der Waals surface area contributed by atoms with Gasteiger partial charge in [-0.2, -0.15) is 4.72 Å². The minimum Gasteiger partial charge on any atom is -0.481 e. The summed E-state index contributed by atoms with van der Waals surface area (Å²) in [7, 11) is -7.81. The number of amides is 1. The molecule has 12 heteroatoms. The first kappa shape index (κ1) is 29.7. The van der Waals surface area contributed by atoms with E-state index in [0.717, 1.165) is 11.6 Å². The number of piperidine rings is 1. The fourth-order valence-electron chi connectivity index (χ4n) is 5.33. The Morgan fingerprint density at radius 3 is 2.31 bits per heavy atom. The van der Waals surface area contributed by atoms with E-state index in [0.29, 0.717) is 33.6 Å². The molecule has 1 aliphatic heterocycles. The summed E-state index contributed by atoms with van der Waals surface area (Å²) in [6.45, 7) is 0.248. The fraction of sp³-hybridized carbons (Fsp3) is 0.200. The molecule has 1 fully saturated rings. The van der Waals surface area contributed by atoms with Crippen LogP contribution in [-0.4, -0.2) is 52.2 Å². The summed E-state index contributed by atoms with van der Waals surface area (Å²) in [6, 6.07) is 22.6. The standard InChI is InChI=1S/C30H27ClN2O7S2/c1-41(37,38)27-6-3-2-5-26(27)20-8-12-24(13-9-20)33-16-4-15-30(29(33)36,19-28(34)35)32-42(39,40)25-14-10-21-17-23(31)11-7-22(21)18-25/h2-3,5-14,17-18,32H,4,15-16,19H2,1H3,(H,34,35). The van der Waals surface area contributed by atoms with E-state index in [1.54, 1.807) is 66.7 Å². The van der Waals surface area contributed by atoms with Crippen LogP contribution in [0.4, 0.5) is 5.69 Å². The molecule has 0 radical (unpaired) electrons. The van der Waals surface area contributed by atoms with Gasteiger partial charge in [0, 0.05) is 29.1 Å². The summed E-state index contributed by atoms with van der Waals surface area (Å²) in [5.41, 5.74) is -0.377. The molecular formula is C30H27ClN2O7S2. The van der Waals surface area contributed by atoms with Crippen molar-refractivity contribution in [1.82, 2.24) is 4.72 Å². The van der Waals surface area contributed by atoms with Crippen molar-refractivity contribution in [1.29, 1.82) is 0 Å². The van der Waals surface area contributed by atoms with E-state index in [2.05, 4.69) is 4.72 Å². The number of hydrogen-bond donors (Lipinski definition) is 2. The van der Waals surface area contributed by atoms with Crippen LogP contribution in [0.2, 0.25) is 5.02 Å². The number of nitrogens with one attached hydrogen (secondary N) is 1. The van der Waals surface area contributed by atoms with E-state index in [1.807, 2.05) is 0 Å². The fourth-order valence-corrected chi connectivity index (χ4v) is 7.85. The molecule has 1 saturated heterocycles. The summed E-state index contributed by atoms with van der Waals surface area (Å²) in [6.07, 6.45) is 0.723. The van der Waals surface area contributed by atoms with Crippen LogP contribution in [0.15, 0.2) is 94.7 Å². The lowest BCUT2D eigenvalue weighted by molar-refractivity contribution is -0.142. The summed E-state index contributed by atoms with van der Waals surface area (Å²) < 4.78 is 54.1. The summed E-state index contributed by atoms with van der Waals surface area (Å²) in [5.74, 6) is -2.01. The predicted molar refractivity (Wildman–Crippen MR) is 161 cm³/mol. The molecule has 1 heterocycles. The van der Waals surface area contributed by atoms with Crippen LogP contribution >= 0.6 is 11.6 Å². The van der Waals surface area contributed by atoms with E-state index in [1.165, 1.54) is 23.1 Å². The number of benzene rings is 4. The van der Waals surface area contributed by atoms with Crippen LogP contribution in [0.25, 0.3) is 21.9 Å². The minimum absolute atomic E-state index is 0.00310. The van der Waals surface area contributed by atoms with Crippen LogP contribution in [0.3, 0.4) is 0 Å². The lowest BCUT2D eigenvalue weighted by Crippen LogP contribution is -2.63. The summed E-state index contributed by atoms with van der Waals surface area (Å²) in [4.78, 5) is 27.3. The van der Waals surface area contributed by atoms with Gasteiger partial charge in [-0.25, -0.2) is 16.8 Å². The Kier molecular flexibility index (Phi) is 7.88. The van der Waals surface area contributed by atoms with Crippen molar-refractivity contribution < 1.29 is 31.5 Å². The lowest BCUT2D eigenvalue weighted by Gasteiger charge is -2.41. The minimum atomic E-state index is -4.32. The zero-order chi connectivity index (χ0) is 30.3. The average Bonchev–Trinajstić information content (AvgIpc) is 2.93. The third kappa shape index (κ3) is 5.91. The number of sulfone groups is 1. The number of carboxylic acid groups (broad SMARTS) is 1. The van der Waals surface area contributed by atoms with Crippen molar-refractivity contribution in [3.63, 3.8) is 0 Å². The molecule has 1 unspecified atom stereocenters. The highest BCUT2D eigenvalue weighted by Gasteiger charge is 2.48. The number of carbonyl (C=O) groups is 2. The second-order valence-electron chi connectivity index (χ2n) is 10.3. The van der Waals surface area contributed by atoms with Gasteiger partial charge in [0.1, 0.15) is 5.54 Å². The Balaban J connectivity index is 1.48. The van der Waals surface area contributed by atoms with Crippen LogP contribution in [0.5, 0.6) is 0 Å². The molecule has 0 aromatic heterocycles. The molecule has 0 saturated carbocycles. The molecule has 42 heavy (non-hydrogen) atoms. The second-order valence-corrected chi connectivity index (χ2v) is 14.4. The van der Waals surface area contributed by atoms with Crippen LogP contribution < -0.4 is 9.62 Å². The SMILES string of the molecule is CS(=O)(=O)c1ccccc1-c1ccc(N2CCCC(CC(=O)O)(NS(=O)(=O)c3ccc4cc(Cl)ccc4c3)C2=O)cc1. The van der Waals surface area contributed by atoms with Crippen molar-refractivity contribution in [2.24, 2.45) is 0 Å².